The van der Waals surface area contributed by atoms with Gasteiger partial charge in [0.25, 0.3) is 0 Å². The summed E-state index contributed by atoms with van der Waals surface area (Å²) in [6.07, 6.45) is 0.0523. The molecule has 3 rings (SSSR count). The largest absolute Gasteiger partial charge is 0.368 e. The van der Waals surface area contributed by atoms with E-state index >= 15 is 0 Å². The molecule has 3 aromatic rings. The second-order valence-corrected chi connectivity index (χ2v) is 6.29. The fraction of sp³-hybridized carbons (Fsp3) is 0.143. The lowest BCUT2D eigenvalue weighted by Gasteiger charge is -2.17. The fourth-order valence-corrected chi connectivity index (χ4v) is 2.99. The van der Waals surface area contributed by atoms with E-state index in [0.717, 1.165) is 28.5 Å². The van der Waals surface area contributed by atoms with E-state index in [1.807, 2.05) is 42.5 Å². The van der Waals surface area contributed by atoms with E-state index in [1.165, 1.54) is 6.07 Å². The average molecular weight is 368 g/mol. The van der Waals surface area contributed by atoms with Crippen molar-refractivity contribution in [3.63, 3.8) is 0 Å². The van der Waals surface area contributed by atoms with E-state index in [9.17, 15) is 18.4 Å². The predicted octanol–water partition coefficient (Wildman–Crippen LogP) is 2.87. The molecule has 4 nitrogen and oxygen atoms in total. The number of amides is 2. The molecule has 0 aliphatic carbocycles. The van der Waals surface area contributed by atoms with E-state index in [-0.39, 0.29) is 12.8 Å². The van der Waals surface area contributed by atoms with Crippen molar-refractivity contribution in [1.82, 2.24) is 5.32 Å². The Hall–Kier alpha value is -3.28. The van der Waals surface area contributed by atoms with E-state index in [1.54, 1.807) is 0 Å². The van der Waals surface area contributed by atoms with Crippen LogP contribution < -0.4 is 11.1 Å². The van der Waals surface area contributed by atoms with Crippen LogP contribution in [0.5, 0.6) is 0 Å². The Morgan fingerprint density at radius 2 is 1.70 bits per heavy atom. The van der Waals surface area contributed by atoms with Gasteiger partial charge in [0.2, 0.25) is 11.8 Å². The molecular formula is C21H18F2N2O2. The molecule has 0 unspecified atom stereocenters. The van der Waals surface area contributed by atoms with Crippen LogP contribution >= 0.6 is 0 Å². The molecule has 0 saturated heterocycles. The molecule has 0 heterocycles. The third-order valence-corrected chi connectivity index (χ3v) is 4.33. The van der Waals surface area contributed by atoms with Crippen molar-refractivity contribution in [1.29, 1.82) is 0 Å². The first-order valence-electron chi connectivity index (χ1n) is 8.43. The summed E-state index contributed by atoms with van der Waals surface area (Å²) in [5.41, 5.74) is 6.64. The first-order chi connectivity index (χ1) is 12.9. The SMILES string of the molecule is NC(=O)[C@@H](Cc1cccc2ccccc12)NC(=O)Cc1ccc(F)c(F)c1. The van der Waals surface area contributed by atoms with E-state index in [0.29, 0.717) is 5.56 Å². The number of carbonyl (C=O) groups excluding carboxylic acids is 2. The first kappa shape index (κ1) is 18.5. The first-order valence-corrected chi connectivity index (χ1v) is 8.43. The minimum atomic E-state index is -1.03. The second kappa shape index (κ2) is 7.95. The summed E-state index contributed by atoms with van der Waals surface area (Å²) in [5, 5.41) is 4.58. The van der Waals surface area contributed by atoms with Gasteiger partial charge in [0, 0.05) is 6.42 Å². The highest BCUT2D eigenvalue weighted by Crippen LogP contribution is 2.20. The van der Waals surface area contributed by atoms with Crippen LogP contribution in [0.15, 0.2) is 60.7 Å². The van der Waals surface area contributed by atoms with Gasteiger partial charge in [-0.1, -0.05) is 48.5 Å². The molecule has 0 saturated carbocycles. The lowest BCUT2D eigenvalue weighted by atomic mass is 9.98. The molecule has 0 aromatic heterocycles. The maximum atomic E-state index is 13.3. The van der Waals surface area contributed by atoms with Crippen LogP contribution in [-0.2, 0) is 22.4 Å². The number of hydrogen-bond donors (Lipinski definition) is 2. The molecule has 27 heavy (non-hydrogen) atoms. The zero-order valence-corrected chi connectivity index (χ0v) is 14.4. The highest BCUT2D eigenvalue weighted by atomic mass is 19.2. The van der Waals surface area contributed by atoms with Gasteiger partial charge >= 0.3 is 0 Å². The van der Waals surface area contributed by atoms with Gasteiger partial charge in [-0.05, 0) is 34.0 Å². The van der Waals surface area contributed by atoms with Gasteiger partial charge in [-0.15, -0.1) is 0 Å². The molecule has 0 bridgehead atoms. The topological polar surface area (TPSA) is 72.2 Å². The number of hydrogen-bond acceptors (Lipinski definition) is 2. The Morgan fingerprint density at radius 1 is 0.963 bits per heavy atom. The highest BCUT2D eigenvalue weighted by Gasteiger charge is 2.20. The van der Waals surface area contributed by atoms with Crippen molar-refractivity contribution in [2.24, 2.45) is 5.73 Å². The number of nitrogens with two attached hydrogens (primary N) is 1. The molecule has 0 aliphatic rings. The van der Waals surface area contributed by atoms with Gasteiger partial charge in [0.15, 0.2) is 11.6 Å². The van der Waals surface area contributed by atoms with Gasteiger partial charge in [-0.2, -0.15) is 0 Å². The molecule has 138 valence electrons. The van der Waals surface area contributed by atoms with E-state index < -0.39 is 29.5 Å². The molecule has 1 atom stereocenters. The van der Waals surface area contributed by atoms with Crippen LogP contribution in [0.4, 0.5) is 8.78 Å². The summed E-state index contributed by atoms with van der Waals surface area (Å²) in [6, 6.07) is 15.7. The molecule has 0 aliphatic heterocycles. The van der Waals surface area contributed by atoms with Crippen LogP contribution in [0, 0.1) is 11.6 Å². The fourth-order valence-electron chi connectivity index (χ4n) is 2.99. The van der Waals surface area contributed by atoms with Crippen LogP contribution in [-0.4, -0.2) is 17.9 Å². The Balaban J connectivity index is 1.74. The third-order valence-electron chi connectivity index (χ3n) is 4.33. The van der Waals surface area contributed by atoms with Gasteiger partial charge in [0.1, 0.15) is 6.04 Å². The molecule has 2 amide bonds. The van der Waals surface area contributed by atoms with Crippen molar-refractivity contribution in [2.45, 2.75) is 18.9 Å². The van der Waals surface area contributed by atoms with Crippen LogP contribution in [0.25, 0.3) is 10.8 Å². The van der Waals surface area contributed by atoms with Crippen molar-refractivity contribution in [3.05, 3.63) is 83.4 Å². The number of primary amides is 1. The summed E-state index contributed by atoms with van der Waals surface area (Å²) < 4.78 is 26.3. The van der Waals surface area contributed by atoms with Crippen molar-refractivity contribution in [3.8, 4) is 0 Å². The summed E-state index contributed by atoms with van der Waals surface area (Å²) in [7, 11) is 0. The van der Waals surface area contributed by atoms with E-state index in [2.05, 4.69) is 5.32 Å². The van der Waals surface area contributed by atoms with Gasteiger partial charge in [-0.3, -0.25) is 9.59 Å². The standard InChI is InChI=1S/C21H18F2N2O2/c22-17-9-8-13(10-18(17)23)11-20(26)25-19(21(24)27)12-15-6-3-5-14-4-1-2-7-16(14)15/h1-10,19H,11-12H2,(H2,24,27)(H,25,26)/t19-/m1/s1. The van der Waals surface area contributed by atoms with Crippen LogP contribution in [0.2, 0.25) is 0 Å². The maximum absolute atomic E-state index is 13.3. The average Bonchev–Trinajstić information content (AvgIpc) is 2.64. The predicted molar refractivity (Wildman–Crippen MR) is 98.8 cm³/mol. The highest BCUT2D eigenvalue weighted by molar-refractivity contribution is 5.90. The van der Waals surface area contributed by atoms with Crippen LogP contribution in [0.3, 0.4) is 0 Å². The molecular weight excluding hydrogens is 350 g/mol. The second-order valence-electron chi connectivity index (χ2n) is 6.29. The summed E-state index contributed by atoms with van der Waals surface area (Å²) in [4.78, 5) is 24.1. The van der Waals surface area contributed by atoms with Crippen LogP contribution in [0.1, 0.15) is 11.1 Å². The Bertz CT molecular complexity index is 999. The zero-order chi connectivity index (χ0) is 19.4. The number of halogens is 2. The van der Waals surface area contributed by atoms with E-state index in [4.69, 9.17) is 5.73 Å². The molecule has 3 aromatic carbocycles. The normalized spacial score (nSPS) is 11.9. The Kier molecular flexibility index (Phi) is 5.45. The van der Waals surface area contributed by atoms with Gasteiger partial charge in [-0.25, -0.2) is 8.78 Å². The lowest BCUT2D eigenvalue weighted by Crippen LogP contribution is -2.46. The zero-order valence-electron chi connectivity index (χ0n) is 14.4. The molecule has 3 N–H and O–H groups in total. The quantitative estimate of drug-likeness (QED) is 0.702. The van der Waals surface area contributed by atoms with Crippen molar-refractivity contribution < 1.29 is 18.4 Å². The Morgan fingerprint density at radius 3 is 2.44 bits per heavy atom. The van der Waals surface area contributed by atoms with Gasteiger partial charge < -0.3 is 11.1 Å². The van der Waals surface area contributed by atoms with Gasteiger partial charge in [0.05, 0.1) is 6.42 Å². The molecule has 0 radical (unpaired) electrons. The molecule has 6 heteroatoms. The number of fused-ring (bicyclic) bond motifs is 1. The monoisotopic (exact) mass is 368 g/mol. The Labute approximate surface area is 155 Å². The summed E-state index contributed by atoms with van der Waals surface area (Å²) in [5.74, 6) is -3.17. The number of carbonyl (C=O) groups is 2. The summed E-state index contributed by atoms with van der Waals surface area (Å²) >= 11 is 0. The lowest BCUT2D eigenvalue weighted by molar-refractivity contribution is -0.126. The number of nitrogens with one attached hydrogen (secondary N) is 1. The van der Waals surface area contributed by atoms with Crippen molar-refractivity contribution in [2.75, 3.05) is 0 Å². The number of rotatable bonds is 6. The number of benzene rings is 3. The smallest absolute Gasteiger partial charge is 0.240 e. The summed E-state index contributed by atoms with van der Waals surface area (Å²) in [6.45, 7) is 0. The maximum Gasteiger partial charge on any atom is 0.240 e. The minimum absolute atomic E-state index is 0.184. The third kappa shape index (κ3) is 4.47. The minimum Gasteiger partial charge on any atom is -0.368 e. The molecule has 0 spiro atoms. The molecule has 0 fully saturated rings. The van der Waals surface area contributed by atoms with Crippen molar-refractivity contribution >= 4 is 22.6 Å².